The van der Waals surface area contributed by atoms with Crippen LogP contribution in [0, 0.1) is 0 Å². The van der Waals surface area contributed by atoms with E-state index in [1.165, 1.54) is 5.56 Å². The molecule has 1 amide bonds. The van der Waals surface area contributed by atoms with Crippen LogP contribution in [0.5, 0.6) is 0 Å². The maximum Gasteiger partial charge on any atom is 0.261 e. The molecule has 3 heterocycles. The lowest BCUT2D eigenvalue weighted by Gasteiger charge is -2.33. The molecule has 1 fully saturated rings. The fourth-order valence-electron chi connectivity index (χ4n) is 3.56. The average Bonchev–Trinajstić information content (AvgIpc) is 3.12. The van der Waals surface area contributed by atoms with Gasteiger partial charge in [-0.3, -0.25) is 4.79 Å². The zero-order valence-corrected chi connectivity index (χ0v) is 14.6. The molecule has 0 aliphatic carbocycles. The smallest absolute Gasteiger partial charge is 0.261 e. The summed E-state index contributed by atoms with van der Waals surface area (Å²) >= 11 is 0. The van der Waals surface area contributed by atoms with Gasteiger partial charge >= 0.3 is 0 Å². The van der Waals surface area contributed by atoms with Crippen molar-refractivity contribution in [3.05, 3.63) is 47.8 Å². The molecule has 2 aliphatic heterocycles. The van der Waals surface area contributed by atoms with Crippen LogP contribution in [0.3, 0.4) is 0 Å². The van der Waals surface area contributed by atoms with E-state index in [4.69, 9.17) is 0 Å². The van der Waals surface area contributed by atoms with Crippen LogP contribution in [-0.2, 0) is 6.42 Å². The van der Waals surface area contributed by atoms with Crippen LogP contribution in [0.1, 0.15) is 22.8 Å². The number of hydrogen-bond acceptors (Lipinski definition) is 5. The first-order valence-electron chi connectivity index (χ1n) is 8.95. The molecule has 1 aromatic carbocycles. The Morgan fingerprint density at radius 1 is 1.04 bits per heavy atom. The summed E-state index contributed by atoms with van der Waals surface area (Å²) in [6.45, 7) is 7.92. The molecule has 1 aromatic heterocycles. The van der Waals surface area contributed by atoms with Crippen LogP contribution in [0.15, 0.2) is 36.7 Å². The number of carbonyl (C=O) groups is 1. The number of hydrogen-bond donors (Lipinski definition) is 0. The van der Waals surface area contributed by atoms with Crippen molar-refractivity contribution in [2.45, 2.75) is 13.3 Å². The fraction of sp³-hybridized carbons (Fsp3) is 0.421. The molecule has 0 atom stereocenters. The van der Waals surface area contributed by atoms with Gasteiger partial charge in [-0.2, -0.15) is 0 Å². The Balaban J connectivity index is 1.47. The van der Waals surface area contributed by atoms with Crippen molar-refractivity contribution >= 4 is 17.5 Å². The predicted octanol–water partition coefficient (Wildman–Crippen LogP) is 1.82. The maximum absolute atomic E-state index is 12.8. The van der Waals surface area contributed by atoms with Gasteiger partial charge in [-0.25, -0.2) is 9.97 Å². The highest BCUT2D eigenvalue weighted by Gasteiger charge is 2.26. The second-order valence-electron chi connectivity index (χ2n) is 6.53. The van der Waals surface area contributed by atoms with E-state index in [-0.39, 0.29) is 5.91 Å². The lowest BCUT2D eigenvalue weighted by molar-refractivity contribution is 0.0988. The Bertz CT molecular complexity index is 753. The fourth-order valence-corrected chi connectivity index (χ4v) is 3.56. The number of benzene rings is 1. The molecule has 2 aromatic rings. The summed E-state index contributed by atoms with van der Waals surface area (Å²) in [5.41, 5.74) is 2.78. The summed E-state index contributed by atoms with van der Waals surface area (Å²) in [6.07, 6.45) is 4.23. The van der Waals surface area contributed by atoms with Crippen LogP contribution < -0.4 is 9.80 Å². The number of fused-ring (bicyclic) bond motifs is 1. The third-order valence-corrected chi connectivity index (χ3v) is 5.12. The Labute approximate surface area is 148 Å². The lowest BCUT2D eigenvalue weighted by atomic mass is 10.2. The number of rotatable bonds is 3. The number of para-hydroxylation sites is 1. The summed E-state index contributed by atoms with van der Waals surface area (Å²) < 4.78 is 0. The van der Waals surface area contributed by atoms with Crippen LogP contribution in [0.4, 0.5) is 11.6 Å². The normalized spacial score (nSPS) is 17.6. The molecule has 6 nitrogen and oxygen atoms in total. The van der Waals surface area contributed by atoms with E-state index in [0.29, 0.717) is 11.5 Å². The van der Waals surface area contributed by atoms with Gasteiger partial charge in [-0.15, -0.1) is 0 Å². The van der Waals surface area contributed by atoms with E-state index in [1.54, 1.807) is 12.4 Å². The van der Waals surface area contributed by atoms with Crippen molar-refractivity contribution < 1.29 is 4.79 Å². The van der Waals surface area contributed by atoms with E-state index < -0.39 is 0 Å². The number of anilines is 2. The van der Waals surface area contributed by atoms with Gasteiger partial charge in [0.05, 0.1) is 5.56 Å². The predicted molar refractivity (Wildman–Crippen MR) is 98.2 cm³/mol. The number of likely N-dealkylation sites (N-methyl/N-ethyl adjacent to an activating group) is 1. The van der Waals surface area contributed by atoms with Crippen molar-refractivity contribution in [1.29, 1.82) is 0 Å². The molecule has 0 N–H and O–H groups in total. The number of amides is 1. The van der Waals surface area contributed by atoms with Crippen molar-refractivity contribution in [2.24, 2.45) is 0 Å². The summed E-state index contributed by atoms with van der Waals surface area (Å²) in [7, 11) is 0. The summed E-state index contributed by atoms with van der Waals surface area (Å²) in [6, 6.07) is 8.07. The highest BCUT2D eigenvalue weighted by molar-refractivity contribution is 6.06. The Morgan fingerprint density at radius 2 is 1.76 bits per heavy atom. The third kappa shape index (κ3) is 3.09. The number of piperazine rings is 1. The first-order chi connectivity index (χ1) is 12.3. The summed E-state index contributed by atoms with van der Waals surface area (Å²) in [5.74, 6) is 0.696. The molecule has 4 rings (SSSR count). The molecule has 0 spiro atoms. The standard InChI is InChI=1S/C19H23N5O/c1-2-22-9-11-23(12-10-22)19-20-13-16(14-21-19)18(25)24-8-7-15-5-3-4-6-17(15)24/h3-6,13-14H,2,7-12H2,1H3. The van der Waals surface area contributed by atoms with Gasteiger partial charge in [0.1, 0.15) is 0 Å². The van der Waals surface area contributed by atoms with Crippen LogP contribution in [-0.4, -0.2) is 60.0 Å². The first-order valence-corrected chi connectivity index (χ1v) is 8.95. The molecule has 0 saturated carbocycles. The second-order valence-corrected chi connectivity index (χ2v) is 6.53. The van der Waals surface area contributed by atoms with Crippen LogP contribution >= 0.6 is 0 Å². The van der Waals surface area contributed by atoms with Gasteiger partial charge in [-0.05, 0) is 24.6 Å². The zero-order valence-electron chi connectivity index (χ0n) is 14.6. The first kappa shape index (κ1) is 16.0. The minimum absolute atomic E-state index is 0.0210. The molecule has 0 unspecified atom stereocenters. The quantitative estimate of drug-likeness (QED) is 0.855. The van der Waals surface area contributed by atoms with E-state index in [0.717, 1.165) is 51.4 Å². The molecule has 130 valence electrons. The third-order valence-electron chi connectivity index (χ3n) is 5.12. The molecule has 25 heavy (non-hydrogen) atoms. The van der Waals surface area contributed by atoms with Gasteiger partial charge in [0.15, 0.2) is 0 Å². The van der Waals surface area contributed by atoms with E-state index in [2.05, 4.69) is 32.8 Å². The van der Waals surface area contributed by atoms with Gasteiger partial charge < -0.3 is 14.7 Å². The molecule has 0 radical (unpaired) electrons. The van der Waals surface area contributed by atoms with Gasteiger partial charge in [0, 0.05) is 50.8 Å². The van der Waals surface area contributed by atoms with Crippen LogP contribution in [0.2, 0.25) is 0 Å². The Hall–Kier alpha value is -2.47. The van der Waals surface area contributed by atoms with Gasteiger partial charge in [-0.1, -0.05) is 25.1 Å². The van der Waals surface area contributed by atoms with E-state index >= 15 is 0 Å². The Morgan fingerprint density at radius 3 is 2.48 bits per heavy atom. The molecule has 6 heteroatoms. The minimum atomic E-state index is -0.0210. The van der Waals surface area contributed by atoms with Crippen molar-refractivity contribution in [1.82, 2.24) is 14.9 Å². The largest absolute Gasteiger partial charge is 0.338 e. The monoisotopic (exact) mass is 337 g/mol. The molecular formula is C19H23N5O. The van der Waals surface area contributed by atoms with E-state index in [9.17, 15) is 4.79 Å². The van der Waals surface area contributed by atoms with Gasteiger partial charge in [0.2, 0.25) is 5.95 Å². The molecule has 2 aliphatic rings. The highest BCUT2D eigenvalue weighted by atomic mass is 16.2. The maximum atomic E-state index is 12.8. The highest BCUT2D eigenvalue weighted by Crippen LogP contribution is 2.28. The zero-order chi connectivity index (χ0) is 17.2. The van der Waals surface area contributed by atoms with Crippen molar-refractivity contribution in [3.63, 3.8) is 0 Å². The summed E-state index contributed by atoms with van der Waals surface area (Å²) in [5, 5.41) is 0. The number of carbonyl (C=O) groups excluding carboxylic acids is 1. The van der Waals surface area contributed by atoms with Gasteiger partial charge in [0.25, 0.3) is 5.91 Å². The van der Waals surface area contributed by atoms with E-state index in [1.807, 2.05) is 23.1 Å². The summed E-state index contributed by atoms with van der Waals surface area (Å²) in [4.78, 5) is 28.1. The molecule has 1 saturated heterocycles. The average molecular weight is 337 g/mol. The Kier molecular flexibility index (Phi) is 4.36. The SMILES string of the molecule is CCN1CCN(c2ncc(C(=O)N3CCc4ccccc43)cn2)CC1. The molecular weight excluding hydrogens is 314 g/mol. The number of aromatic nitrogens is 2. The van der Waals surface area contributed by atoms with Crippen molar-refractivity contribution in [2.75, 3.05) is 49.1 Å². The lowest BCUT2D eigenvalue weighted by Crippen LogP contribution is -2.46. The van der Waals surface area contributed by atoms with Crippen LogP contribution in [0.25, 0.3) is 0 Å². The van der Waals surface area contributed by atoms with Crippen molar-refractivity contribution in [3.8, 4) is 0 Å². The molecule has 0 bridgehead atoms. The topological polar surface area (TPSA) is 52.6 Å². The number of nitrogens with zero attached hydrogens (tertiary/aromatic N) is 5. The minimum Gasteiger partial charge on any atom is -0.338 e. The second kappa shape index (κ2) is 6.80.